The Morgan fingerprint density at radius 1 is 0.719 bits per heavy atom. The minimum absolute atomic E-state index is 0. The molecule has 0 atom stereocenters. The minimum Gasteiger partial charge on any atom is -1.00 e. The van der Waals surface area contributed by atoms with Crippen molar-refractivity contribution in [1.82, 2.24) is 0 Å². The van der Waals surface area contributed by atoms with Crippen molar-refractivity contribution in [2.24, 2.45) is 0 Å². The first-order valence-corrected chi connectivity index (χ1v) is 12.6. The third kappa shape index (κ3) is 6.18. The van der Waals surface area contributed by atoms with E-state index in [9.17, 15) is 39.1 Å². The van der Waals surface area contributed by atoms with Crippen LogP contribution in [0.2, 0.25) is 0 Å². The van der Waals surface area contributed by atoms with Crippen molar-refractivity contribution in [2.45, 2.75) is 16.0 Å². The van der Waals surface area contributed by atoms with Crippen LogP contribution in [0.1, 0.15) is 6.99 Å². The molecular weight excluding hydrogens is 499 g/mol. The fraction of sp³-hybridized carbons (Fsp3) is 0.0526. The molecule has 0 amide bonds. The van der Waals surface area contributed by atoms with Gasteiger partial charge in [-0.25, -0.2) is 0 Å². The Hall–Kier alpha value is -1.30. The fourth-order valence-electron chi connectivity index (χ4n) is 2.90. The first-order valence-electron chi connectivity index (χ1n) is 8.40. The van der Waals surface area contributed by atoms with Gasteiger partial charge in [0, 0.05) is 0 Å². The molecule has 0 aliphatic heterocycles. The smallest absolute Gasteiger partial charge is 1.00 e. The first kappa shape index (κ1) is 26.9. The fourth-order valence-corrected chi connectivity index (χ4v) is 6.67. The van der Waals surface area contributed by atoms with Crippen LogP contribution < -0.4 is 45.5 Å². The van der Waals surface area contributed by atoms with Crippen molar-refractivity contribution < 1.29 is 70.1 Å². The molecule has 13 heteroatoms. The topological polar surface area (TPSA) is 109 Å². The van der Waals surface area contributed by atoms with Crippen LogP contribution in [0.25, 0.3) is 0 Å². The van der Waals surface area contributed by atoms with Gasteiger partial charge in [-0.05, 0) is 54.2 Å². The number of hydrogen-bond donors (Lipinski definition) is 2. The maximum atomic E-state index is 13.7. The van der Waals surface area contributed by atoms with Crippen molar-refractivity contribution in [1.29, 1.82) is 0 Å². The summed E-state index contributed by atoms with van der Waals surface area (Å²) in [6.07, 6.45) is -4.74. The van der Waals surface area contributed by atoms with E-state index in [-0.39, 0.29) is 46.9 Å². The average molecular weight is 514 g/mol. The zero-order chi connectivity index (χ0) is 23.0. The summed E-state index contributed by atoms with van der Waals surface area (Å²) in [7, 11) is -11.4. The van der Waals surface area contributed by atoms with Crippen LogP contribution in [0.3, 0.4) is 0 Å². The van der Waals surface area contributed by atoms with E-state index in [1.54, 1.807) is 0 Å². The number of rotatable bonds is 5. The van der Waals surface area contributed by atoms with E-state index in [0.29, 0.717) is 0 Å². The molecule has 0 radical (unpaired) electrons. The molecule has 0 saturated carbocycles. The summed E-state index contributed by atoms with van der Waals surface area (Å²) >= 11 is 0. The summed E-state index contributed by atoms with van der Waals surface area (Å²) < 4.78 is 106. The first-order chi connectivity index (χ1) is 14.3. The van der Waals surface area contributed by atoms with Gasteiger partial charge in [0.05, 0.1) is 15.4 Å². The zero-order valence-corrected chi connectivity index (χ0v) is 20.9. The van der Waals surface area contributed by atoms with Gasteiger partial charge in [-0.3, -0.25) is 9.11 Å². The molecule has 0 aliphatic rings. The summed E-state index contributed by atoms with van der Waals surface area (Å²) in [5, 5.41) is 0.0357. The summed E-state index contributed by atoms with van der Waals surface area (Å²) in [5.74, 6) is 0. The van der Waals surface area contributed by atoms with E-state index in [2.05, 4.69) is 0 Å². The Morgan fingerprint density at radius 3 is 1.56 bits per heavy atom. The molecule has 32 heavy (non-hydrogen) atoms. The van der Waals surface area contributed by atoms with Gasteiger partial charge < -0.3 is 1.43 Å². The van der Waals surface area contributed by atoms with Gasteiger partial charge in [-0.1, -0.05) is 42.5 Å². The van der Waals surface area contributed by atoms with E-state index in [4.69, 9.17) is 0 Å². The van der Waals surface area contributed by atoms with Gasteiger partial charge in [0.1, 0.15) is 0 Å². The van der Waals surface area contributed by atoms with E-state index in [1.807, 2.05) is 0 Å². The molecule has 0 fully saturated rings. The van der Waals surface area contributed by atoms with Gasteiger partial charge in [-0.2, -0.15) is 30.0 Å². The Bertz CT molecular complexity index is 1280. The van der Waals surface area contributed by atoms with Crippen molar-refractivity contribution in [2.75, 3.05) is 0 Å². The van der Waals surface area contributed by atoms with Gasteiger partial charge in [0.2, 0.25) is 0 Å². The Morgan fingerprint density at radius 2 is 1.16 bits per heavy atom. The van der Waals surface area contributed by atoms with E-state index in [0.717, 1.165) is 30.3 Å². The standard InChI is InChI=1S/C19H14F3O6PS2.Na.H/c20-19(21,22)17-9-1-2-10-18(17)29(13-5-3-7-15(11-13)30(23,24)25)14-6-4-8-16(12-14)31(26,27)28;;/h1-12H,(H,23,24,25)(H,26,27,28);;/q;+1;-1. The van der Waals surface area contributed by atoms with Crippen molar-refractivity contribution in [3.8, 4) is 0 Å². The van der Waals surface area contributed by atoms with Crippen molar-refractivity contribution in [3.05, 3.63) is 78.4 Å². The van der Waals surface area contributed by atoms with Crippen molar-refractivity contribution in [3.63, 3.8) is 0 Å². The molecule has 0 heterocycles. The molecule has 0 aromatic heterocycles. The molecule has 0 aliphatic carbocycles. The monoisotopic (exact) mass is 514 g/mol. The van der Waals surface area contributed by atoms with Crippen LogP contribution in [0, 0.1) is 0 Å². The number of halogens is 3. The number of hydrogen-bond acceptors (Lipinski definition) is 4. The summed E-state index contributed by atoms with van der Waals surface area (Å²) in [5.41, 5.74) is -0.976. The van der Waals surface area contributed by atoms with Gasteiger partial charge in [-0.15, -0.1) is 0 Å². The van der Waals surface area contributed by atoms with Crippen LogP contribution >= 0.6 is 7.92 Å². The average Bonchev–Trinajstić information content (AvgIpc) is 2.67. The molecule has 0 saturated heterocycles. The molecule has 0 unspecified atom stereocenters. The minimum atomic E-state index is -4.74. The third-order valence-electron chi connectivity index (χ3n) is 4.20. The molecule has 3 aromatic rings. The van der Waals surface area contributed by atoms with Gasteiger partial charge in [0.15, 0.2) is 0 Å². The molecule has 166 valence electrons. The molecule has 3 aromatic carbocycles. The van der Waals surface area contributed by atoms with Crippen LogP contribution in [-0.4, -0.2) is 25.9 Å². The Labute approximate surface area is 207 Å². The van der Waals surface area contributed by atoms with E-state index in [1.165, 1.54) is 42.5 Å². The predicted molar refractivity (Wildman–Crippen MR) is 111 cm³/mol. The molecular formula is C19H15F3NaO6PS2. The van der Waals surface area contributed by atoms with E-state index >= 15 is 0 Å². The second kappa shape index (κ2) is 9.90. The maximum Gasteiger partial charge on any atom is 1.00 e. The summed E-state index contributed by atoms with van der Waals surface area (Å²) in [4.78, 5) is -1.04. The van der Waals surface area contributed by atoms with Crippen LogP contribution in [0.5, 0.6) is 0 Å². The summed E-state index contributed by atoms with van der Waals surface area (Å²) in [6, 6.07) is 14.2. The SMILES string of the molecule is O=S(=O)(O)c1cccc(P(c2cccc(S(=O)(=O)O)c2)c2ccccc2C(F)(F)F)c1.[H-].[Na+]. The Kier molecular flexibility index (Phi) is 8.34. The van der Waals surface area contributed by atoms with Gasteiger partial charge in [0.25, 0.3) is 20.2 Å². The number of alkyl halides is 3. The molecule has 3 rings (SSSR count). The Balaban J connectivity index is 0.00000272. The number of benzene rings is 3. The van der Waals surface area contributed by atoms with Gasteiger partial charge >= 0.3 is 35.7 Å². The van der Waals surface area contributed by atoms with Crippen LogP contribution in [0.4, 0.5) is 13.2 Å². The van der Waals surface area contributed by atoms with Crippen LogP contribution in [-0.2, 0) is 26.4 Å². The summed E-state index contributed by atoms with van der Waals surface area (Å²) in [6.45, 7) is 0. The second-order valence-electron chi connectivity index (χ2n) is 6.30. The van der Waals surface area contributed by atoms with E-state index < -0.39 is 49.7 Å². The largest absolute Gasteiger partial charge is 1.00 e. The quantitative estimate of drug-likeness (QED) is 0.284. The third-order valence-corrected chi connectivity index (χ3v) is 8.36. The molecule has 2 N–H and O–H groups in total. The van der Waals surface area contributed by atoms with Crippen LogP contribution in [0.15, 0.2) is 82.6 Å². The normalized spacial score (nSPS) is 12.4. The second-order valence-corrected chi connectivity index (χ2v) is 11.3. The predicted octanol–water partition coefficient (Wildman–Crippen LogP) is 0.0735. The molecule has 0 spiro atoms. The zero-order valence-electron chi connectivity index (χ0n) is 17.4. The van der Waals surface area contributed by atoms with Crippen molar-refractivity contribution >= 4 is 44.1 Å². The molecule has 0 bridgehead atoms. The maximum absolute atomic E-state index is 13.7. The molecule has 6 nitrogen and oxygen atoms in total.